The highest BCUT2D eigenvalue weighted by Gasteiger charge is 2.51. The van der Waals surface area contributed by atoms with E-state index in [0.29, 0.717) is 17.5 Å². The lowest BCUT2D eigenvalue weighted by Crippen LogP contribution is -2.45. The molecule has 2 fully saturated rings. The van der Waals surface area contributed by atoms with Crippen LogP contribution in [0.15, 0.2) is 15.7 Å². The Kier molecular flexibility index (Phi) is 6.67. The van der Waals surface area contributed by atoms with Gasteiger partial charge < -0.3 is 25.9 Å². The van der Waals surface area contributed by atoms with Gasteiger partial charge in [0.2, 0.25) is 0 Å². The van der Waals surface area contributed by atoms with E-state index in [1.54, 1.807) is 20.8 Å². The summed E-state index contributed by atoms with van der Waals surface area (Å²) in [5, 5.41) is 4.78. The molecule has 4 N–H and O–H groups in total. The van der Waals surface area contributed by atoms with E-state index in [0.717, 1.165) is 13.2 Å². The molecule has 2 heterocycles. The maximum absolute atomic E-state index is 15.8. The number of ether oxygens (including phenoxy) is 2. The summed E-state index contributed by atoms with van der Waals surface area (Å²) in [6.45, 7) is 4.07. The normalized spacial score (nSPS) is 21.2. The van der Waals surface area contributed by atoms with Gasteiger partial charge in [0.15, 0.2) is 5.75 Å². The predicted molar refractivity (Wildman–Crippen MR) is 125 cm³/mol. The number of halogens is 4. The minimum atomic E-state index is -4.66. The standard InChI is InChI=1S/C23H29F4N5O5/c1-22(2,3)37-20(34)30-16(12-8-29-9-13(12)23(25,26)27)15-14(24)7-11-17(18(15)36-4)31(10-5-6-10)21(35)32(28)19(11)33/h7,10,12-13,16,29H,5-6,8-9,28H2,1-4H3,(H,30,34). The van der Waals surface area contributed by atoms with Crippen LogP contribution in [0, 0.1) is 17.7 Å². The summed E-state index contributed by atoms with van der Waals surface area (Å²) in [5.41, 5.74) is -3.37. The van der Waals surface area contributed by atoms with Gasteiger partial charge in [-0.05, 0) is 39.7 Å². The third-order valence-corrected chi connectivity index (χ3v) is 6.55. The second-order valence-corrected chi connectivity index (χ2v) is 10.4. The van der Waals surface area contributed by atoms with Crippen molar-refractivity contribution in [1.82, 2.24) is 19.9 Å². The summed E-state index contributed by atoms with van der Waals surface area (Å²) < 4.78 is 69.9. The lowest BCUT2D eigenvalue weighted by atomic mass is 9.83. The number of nitrogens with two attached hydrogens (primary N) is 1. The topological polar surface area (TPSA) is 130 Å². The van der Waals surface area contributed by atoms with Crippen LogP contribution in [0.4, 0.5) is 22.4 Å². The van der Waals surface area contributed by atoms with Crippen molar-refractivity contribution >= 4 is 17.0 Å². The van der Waals surface area contributed by atoms with Gasteiger partial charge in [0.05, 0.1) is 30.0 Å². The summed E-state index contributed by atoms with van der Waals surface area (Å²) >= 11 is 0. The molecule has 1 aliphatic heterocycles. The smallest absolute Gasteiger partial charge is 0.408 e. The first-order valence-corrected chi connectivity index (χ1v) is 11.7. The Morgan fingerprint density at radius 3 is 2.41 bits per heavy atom. The number of rotatable bonds is 5. The van der Waals surface area contributed by atoms with Crippen LogP contribution in [-0.2, 0) is 4.74 Å². The number of nitrogens with one attached hydrogen (secondary N) is 2. The minimum absolute atomic E-state index is 0.0939. The van der Waals surface area contributed by atoms with Gasteiger partial charge in [0.1, 0.15) is 16.9 Å². The van der Waals surface area contributed by atoms with Crippen molar-refractivity contribution in [3.8, 4) is 5.75 Å². The van der Waals surface area contributed by atoms with E-state index in [9.17, 15) is 27.6 Å². The van der Waals surface area contributed by atoms with Gasteiger partial charge in [-0.1, -0.05) is 0 Å². The fourth-order valence-electron chi connectivity index (χ4n) is 4.87. The van der Waals surface area contributed by atoms with Crippen LogP contribution < -0.4 is 32.5 Å². The van der Waals surface area contributed by atoms with Crippen LogP contribution in [0.25, 0.3) is 10.9 Å². The molecule has 0 bridgehead atoms. The van der Waals surface area contributed by atoms with Gasteiger partial charge in [-0.2, -0.15) is 17.8 Å². The molecule has 1 amide bonds. The number of alkyl halides is 3. The van der Waals surface area contributed by atoms with E-state index in [1.165, 1.54) is 4.57 Å². The number of alkyl carbamates (subject to hydrolysis) is 1. The Morgan fingerprint density at radius 1 is 1.22 bits per heavy atom. The zero-order chi connectivity index (χ0) is 27.4. The molecule has 0 spiro atoms. The molecule has 204 valence electrons. The molecule has 1 saturated carbocycles. The highest BCUT2D eigenvalue weighted by molar-refractivity contribution is 5.87. The predicted octanol–water partition coefficient (Wildman–Crippen LogP) is 2.32. The largest absolute Gasteiger partial charge is 0.494 e. The van der Waals surface area contributed by atoms with Gasteiger partial charge in [0, 0.05) is 25.0 Å². The lowest BCUT2D eigenvalue weighted by Gasteiger charge is -2.32. The van der Waals surface area contributed by atoms with Crippen LogP contribution in [0.3, 0.4) is 0 Å². The number of amides is 1. The third-order valence-electron chi connectivity index (χ3n) is 6.55. The molecule has 4 rings (SSSR count). The SMILES string of the molecule is COc1c(C(NC(=O)OC(C)(C)C)C2CNCC2C(F)(F)F)c(F)cc2c(=O)n(N)c(=O)n(C3CC3)c12. The van der Waals surface area contributed by atoms with Crippen LogP contribution in [0.5, 0.6) is 5.75 Å². The molecule has 0 radical (unpaired) electrons. The molecule has 2 aliphatic rings. The molecule has 14 heteroatoms. The Hall–Kier alpha value is -3.29. The van der Waals surface area contributed by atoms with Crippen molar-refractivity contribution in [2.75, 3.05) is 26.0 Å². The molecule has 37 heavy (non-hydrogen) atoms. The first-order chi connectivity index (χ1) is 17.2. The van der Waals surface area contributed by atoms with Crippen molar-refractivity contribution in [2.24, 2.45) is 11.8 Å². The average molecular weight is 532 g/mol. The number of nitrogens with zero attached hydrogens (tertiary/aromatic N) is 2. The van der Waals surface area contributed by atoms with Gasteiger partial charge in [-0.25, -0.2) is 14.0 Å². The van der Waals surface area contributed by atoms with E-state index in [-0.39, 0.29) is 29.2 Å². The van der Waals surface area contributed by atoms with Crippen molar-refractivity contribution in [2.45, 2.75) is 57.5 Å². The Labute approximate surface area is 208 Å². The molecule has 1 aromatic carbocycles. The number of benzene rings is 1. The van der Waals surface area contributed by atoms with Crippen LogP contribution in [0.2, 0.25) is 0 Å². The summed E-state index contributed by atoms with van der Waals surface area (Å²) in [4.78, 5) is 38.4. The molecule has 1 aliphatic carbocycles. The molecule has 2 aromatic rings. The van der Waals surface area contributed by atoms with Crippen molar-refractivity contribution in [3.05, 3.63) is 38.3 Å². The van der Waals surface area contributed by atoms with Gasteiger partial charge >= 0.3 is 18.0 Å². The van der Waals surface area contributed by atoms with Gasteiger partial charge in [0.25, 0.3) is 5.56 Å². The number of methoxy groups -OCH3 is 1. The first-order valence-electron chi connectivity index (χ1n) is 11.7. The zero-order valence-electron chi connectivity index (χ0n) is 20.7. The summed E-state index contributed by atoms with van der Waals surface area (Å²) in [7, 11) is 1.14. The fraction of sp³-hybridized carbons (Fsp3) is 0.609. The van der Waals surface area contributed by atoms with E-state index in [1.807, 2.05) is 0 Å². The maximum Gasteiger partial charge on any atom is 0.408 e. The second-order valence-electron chi connectivity index (χ2n) is 10.4. The first kappa shape index (κ1) is 26.8. The molecular formula is C23H29F4N5O5. The molecule has 3 unspecified atom stereocenters. The van der Waals surface area contributed by atoms with E-state index >= 15 is 4.39 Å². The van der Waals surface area contributed by atoms with E-state index in [2.05, 4.69) is 10.6 Å². The number of aromatic nitrogens is 2. The minimum Gasteiger partial charge on any atom is -0.494 e. The number of fused-ring (bicyclic) bond motifs is 1. The van der Waals surface area contributed by atoms with Crippen LogP contribution >= 0.6 is 0 Å². The second kappa shape index (κ2) is 9.23. The van der Waals surface area contributed by atoms with Crippen LogP contribution in [-0.4, -0.2) is 47.3 Å². The quantitative estimate of drug-likeness (QED) is 0.399. The van der Waals surface area contributed by atoms with E-state index < -0.39 is 64.9 Å². The van der Waals surface area contributed by atoms with Crippen molar-refractivity contribution in [3.63, 3.8) is 0 Å². The zero-order valence-corrected chi connectivity index (χ0v) is 20.7. The monoisotopic (exact) mass is 531 g/mol. The van der Waals surface area contributed by atoms with Crippen molar-refractivity contribution < 1.29 is 31.8 Å². The molecule has 3 atom stereocenters. The lowest BCUT2D eigenvalue weighted by molar-refractivity contribution is -0.181. The Balaban J connectivity index is 2.00. The molecule has 10 nitrogen and oxygen atoms in total. The highest BCUT2D eigenvalue weighted by Crippen LogP contribution is 2.46. The third kappa shape index (κ3) is 4.98. The summed E-state index contributed by atoms with van der Waals surface area (Å²) in [6, 6.07) is -1.13. The molecule has 1 saturated heterocycles. The summed E-state index contributed by atoms with van der Waals surface area (Å²) in [6.07, 6.45) is -4.58. The number of hydrogen-bond donors (Lipinski definition) is 3. The van der Waals surface area contributed by atoms with Crippen molar-refractivity contribution in [1.29, 1.82) is 0 Å². The fourth-order valence-corrected chi connectivity index (χ4v) is 4.87. The highest BCUT2D eigenvalue weighted by atomic mass is 19.4. The van der Waals surface area contributed by atoms with Gasteiger partial charge in [-0.3, -0.25) is 9.36 Å². The number of nitrogen functional groups attached to an aromatic ring is 1. The average Bonchev–Trinajstić information content (AvgIpc) is 3.48. The Morgan fingerprint density at radius 2 is 1.86 bits per heavy atom. The Bertz CT molecular complexity index is 1340. The molecular weight excluding hydrogens is 502 g/mol. The molecule has 1 aromatic heterocycles. The number of carbonyl (C=O) groups is 1. The van der Waals surface area contributed by atoms with E-state index in [4.69, 9.17) is 15.3 Å². The van der Waals surface area contributed by atoms with Crippen LogP contribution in [0.1, 0.15) is 51.3 Å². The maximum atomic E-state index is 15.8. The summed E-state index contributed by atoms with van der Waals surface area (Å²) in [5.74, 6) is 0.924. The number of hydrogen-bond acceptors (Lipinski definition) is 7. The number of carbonyl (C=O) groups excluding carboxylic acids is 1. The van der Waals surface area contributed by atoms with Gasteiger partial charge in [-0.15, -0.1) is 0 Å².